The Hall–Kier alpha value is -2.27. The summed E-state index contributed by atoms with van der Waals surface area (Å²) in [5, 5.41) is 0. The van der Waals surface area contributed by atoms with Gasteiger partial charge in [-0.1, -0.05) is 18.6 Å². The van der Waals surface area contributed by atoms with E-state index in [0.29, 0.717) is 23.9 Å². The number of carbonyl (C=O) groups excluding carboxylic acids is 1. The molecule has 2 bridgehead atoms. The van der Waals surface area contributed by atoms with E-state index in [1.54, 1.807) is 7.11 Å². The molecule has 1 aromatic heterocycles. The first-order valence-electron chi connectivity index (χ1n) is 11.8. The molecule has 0 unspecified atom stereocenters. The number of ether oxygens (including phenoxy) is 1. The van der Waals surface area contributed by atoms with E-state index in [1.165, 1.54) is 37.8 Å². The molecule has 4 atom stereocenters. The number of benzene rings is 1. The molecule has 3 aliphatic rings. The van der Waals surface area contributed by atoms with Gasteiger partial charge < -0.3 is 14.2 Å². The van der Waals surface area contributed by atoms with Crippen LogP contribution >= 0.6 is 0 Å². The van der Waals surface area contributed by atoms with E-state index in [1.807, 2.05) is 36.9 Å². The van der Waals surface area contributed by atoms with Crippen LogP contribution in [0.25, 0.3) is 0 Å². The lowest BCUT2D eigenvalue weighted by atomic mass is 9.71. The first-order valence-corrected chi connectivity index (χ1v) is 11.8. The molecular formula is C26H35N3O2. The van der Waals surface area contributed by atoms with Gasteiger partial charge in [0.1, 0.15) is 5.75 Å². The van der Waals surface area contributed by atoms with Crippen molar-refractivity contribution in [2.75, 3.05) is 26.7 Å². The normalized spacial score (nSPS) is 28.3. The number of carbonyl (C=O) groups is 1. The van der Waals surface area contributed by atoms with E-state index < -0.39 is 0 Å². The molecule has 1 amide bonds. The number of rotatable bonds is 4. The second kappa shape index (κ2) is 8.34. The molecule has 3 saturated heterocycles. The maximum atomic E-state index is 13.5. The predicted octanol–water partition coefficient (Wildman–Crippen LogP) is 3.90. The Morgan fingerprint density at radius 1 is 1.16 bits per heavy atom. The van der Waals surface area contributed by atoms with Crippen LogP contribution < -0.4 is 4.74 Å². The Kier molecular flexibility index (Phi) is 5.55. The Balaban J connectivity index is 1.42. The summed E-state index contributed by atoms with van der Waals surface area (Å²) in [6.07, 6.45) is 8.20. The molecule has 5 nitrogen and oxygen atoms in total. The average molecular weight is 422 g/mol. The van der Waals surface area contributed by atoms with Crippen molar-refractivity contribution in [2.45, 2.75) is 51.1 Å². The quantitative estimate of drug-likeness (QED) is 0.751. The number of hydrogen-bond acceptors (Lipinski definition) is 3. The molecule has 4 heterocycles. The van der Waals surface area contributed by atoms with Crippen molar-refractivity contribution in [3.63, 3.8) is 0 Å². The first-order chi connectivity index (χ1) is 15.0. The average Bonchev–Trinajstić information content (AvgIpc) is 3.14. The third kappa shape index (κ3) is 3.78. The van der Waals surface area contributed by atoms with E-state index in [-0.39, 0.29) is 5.91 Å². The summed E-state index contributed by atoms with van der Waals surface area (Å²) >= 11 is 0. The SMILES string of the molecule is COc1cccc(C[C@H]2[C@H]3C[C@H](CN(C(=O)c4ccn(C)c4C)C3)[C@@H]3CCCCN32)c1. The van der Waals surface area contributed by atoms with E-state index in [0.717, 1.165) is 36.5 Å². The van der Waals surface area contributed by atoms with Gasteiger partial charge in [-0.2, -0.15) is 0 Å². The molecule has 0 aliphatic carbocycles. The zero-order chi connectivity index (χ0) is 21.5. The van der Waals surface area contributed by atoms with Crippen LogP contribution in [0, 0.1) is 18.8 Å². The standard InChI is InChI=1S/C26H35N3O2/c1-18-23(10-12-27(18)2)26(30)28-16-20-15-21(17-28)25(29-11-5-4-9-24(20)29)14-19-7-6-8-22(13-19)31-3/h6-8,10,12-13,20-21,24-25H,4-5,9,11,14-17H2,1-3H3/t20-,21+,24+,25+/m1/s1. The van der Waals surface area contributed by atoms with E-state index in [2.05, 4.69) is 28.0 Å². The summed E-state index contributed by atoms with van der Waals surface area (Å²) < 4.78 is 7.52. The highest BCUT2D eigenvalue weighted by molar-refractivity contribution is 5.95. The summed E-state index contributed by atoms with van der Waals surface area (Å²) in [5.74, 6) is 2.29. The van der Waals surface area contributed by atoms with Crippen molar-refractivity contribution in [3.8, 4) is 5.75 Å². The fourth-order valence-electron chi connectivity index (χ4n) is 6.40. The zero-order valence-electron chi connectivity index (χ0n) is 19.1. The van der Waals surface area contributed by atoms with Crippen LogP contribution in [0.4, 0.5) is 0 Å². The molecule has 1 aromatic carbocycles. The smallest absolute Gasteiger partial charge is 0.255 e. The minimum absolute atomic E-state index is 0.220. The monoisotopic (exact) mass is 421 g/mol. The summed E-state index contributed by atoms with van der Waals surface area (Å²) in [6.45, 7) is 5.04. The molecule has 31 heavy (non-hydrogen) atoms. The van der Waals surface area contributed by atoms with Gasteiger partial charge in [-0.25, -0.2) is 0 Å². The second-order valence-electron chi connectivity index (χ2n) is 9.82. The maximum Gasteiger partial charge on any atom is 0.255 e. The van der Waals surface area contributed by atoms with Crippen molar-refractivity contribution in [1.29, 1.82) is 0 Å². The number of likely N-dealkylation sites (tertiary alicyclic amines) is 1. The maximum absolute atomic E-state index is 13.5. The summed E-state index contributed by atoms with van der Waals surface area (Å²) in [4.78, 5) is 18.4. The topological polar surface area (TPSA) is 37.7 Å². The lowest BCUT2D eigenvalue weighted by Gasteiger charge is -2.57. The molecule has 3 fully saturated rings. The number of aryl methyl sites for hydroxylation is 1. The predicted molar refractivity (Wildman–Crippen MR) is 122 cm³/mol. The van der Waals surface area contributed by atoms with Gasteiger partial charge in [0.05, 0.1) is 12.7 Å². The Morgan fingerprint density at radius 3 is 2.77 bits per heavy atom. The van der Waals surface area contributed by atoms with Crippen LogP contribution in [0.1, 0.15) is 47.3 Å². The van der Waals surface area contributed by atoms with Gasteiger partial charge >= 0.3 is 0 Å². The van der Waals surface area contributed by atoms with Crippen LogP contribution in [0.3, 0.4) is 0 Å². The molecule has 5 heteroatoms. The van der Waals surface area contributed by atoms with Crippen LogP contribution in [-0.2, 0) is 13.5 Å². The highest BCUT2D eigenvalue weighted by atomic mass is 16.5. The Morgan fingerprint density at radius 2 is 2.00 bits per heavy atom. The number of aromatic nitrogens is 1. The van der Waals surface area contributed by atoms with Crippen LogP contribution in [0.15, 0.2) is 36.5 Å². The van der Waals surface area contributed by atoms with Crippen molar-refractivity contribution in [2.24, 2.45) is 18.9 Å². The van der Waals surface area contributed by atoms with Crippen molar-refractivity contribution < 1.29 is 9.53 Å². The molecule has 2 aromatic rings. The van der Waals surface area contributed by atoms with Crippen LogP contribution in [0.2, 0.25) is 0 Å². The number of hydrogen-bond donors (Lipinski definition) is 0. The number of amides is 1. The molecule has 0 N–H and O–H groups in total. The Labute approximate surface area is 186 Å². The highest BCUT2D eigenvalue weighted by Crippen LogP contribution is 2.42. The van der Waals surface area contributed by atoms with Crippen molar-refractivity contribution in [3.05, 3.63) is 53.3 Å². The summed E-state index contributed by atoms with van der Waals surface area (Å²) in [6, 6.07) is 11.6. The van der Waals surface area contributed by atoms with Gasteiger partial charge in [0.15, 0.2) is 0 Å². The lowest BCUT2D eigenvalue weighted by Crippen LogP contribution is -2.64. The fourth-order valence-corrected chi connectivity index (χ4v) is 6.40. The number of fused-ring (bicyclic) bond motifs is 4. The molecule has 0 saturated carbocycles. The van der Waals surface area contributed by atoms with E-state index >= 15 is 0 Å². The minimum Gasteiger partial charge on any atom is -0.497 e. The van der Waals surface area contributed by atoms with Crippen molar-refractivity contribution >= 4 is 5.91 Å². The van der Waals surface area contributed by atoms with E-state index in [4.69, 9.17) is 4.74 Å². The number of nitrogens with zero attached hydrogens (tertiary/aromatic N) is 3. The largest absolute Gasteiger partial charge is 0.497 e. The fraction of sp³-hybridized carbons (Fsp3) is 0.577. The summed E-state index contributed by atoms with van der Waals surface area (Å²) in [5.41, 5.74) is 3.27. The van der Waals surface area contributed by atoms with Crippen LogP contribution in [0.5, 0.6) is 5.75 Å². The summed E-state index contributed by atoms with van der Waals surface area (Å²) in [7, 11) is 3.75. The number of piperidine rings is 3. The molecule has 3 aliphatic heterocycles. The molecule has 166 valence electrons. The highest BCUT2D eigenvalue weighted by Gasteiger charge is 2.48. The second-order valence-corrected chi connectivity index (χ2v) is 9.82. The van der Waals surface area contributed by atoms with Gasteiger partial charge in [-0.3, -0.25) is 9.69 Å². The van der Waals surface area contributed by atoms with Gasteiger partial charge in [-0.05, 0) is 74.8 Å². The molecule has 0 spiro atoms. The third-order valence-electron chi connectivity index (χ3n) is 8.10. The zero-order valence-corrected chi connectivity index (χ0v) is 19.1. The molecule has 0 radical (unpaired) electrons. The molecular weight excluding hydrogens is 386 g/mol. The van der Waals surface area contributed by atoms with Gasteiger partial charge in [0, 0.05) is 44.1 Å². The third-order valence-corrected chi connectivity index (χ3v) is 8.10. The minimum atomic E-state index is 0.220. The van der Waals surface area contributed by atoms with Gasteiger partial charge in [-0.15, -0.1) is 0 Å². The van der Waals surface area contributed by atoms with Gasteiger partial charge in [0.25, 0.3) is 5.91 Å². The van der Waals surface area contributed by atoms with Gasteiger partial charge in [0.2, 0.25) is 0 Å². The molecule has 5 rings (SSSR count). The van der Waals surface area contributed by atoms with Crippen molar-refractivity contribution in [1.82, 2.24) is 14.4 Å². The van der Waals surface area contributed by atoms with Crippen LogP contribution in [-0.4, -0.2) is 59.1 Å². The lowest BCUT2D eigenvalue weighted by molar-refractivity contribution is -0.0642. The number of methoxy groups -OCH3 is 1. The Bertz CT molecular complexity index is 952. The first kappa shape index (κ1) is 20.6. The van der Waals surface area contributed by atoms with E-state index in [9.17, 15) is 4.79 Å².